The third-order valence-corrected chi connectivity index (χ3v) is 4.52. The quantitative estimate of drug-likeness (QED) is 0.329. The lowest BCUT2D eigenvalue weighted by atomic mass is 10.1. The second-order valence-electron chi connectivity index (χ2n) is 8.47. The Kier molecular flexibility index (Phi) is 11.5. The van der Waals surface area contributed by atoms with Crippen molar-refractivity contribution in [3.05, 3.63) is 24.3 Å². The van der Waals surface area contributed by atoms with Gasteiger partial charge in [-0.15, -0.1) is 0 Å². The van der Waals surface area contributed by atoms with E-state index in [0.717, 1.165) is 31.7 Å². The Bertz CT molecular complexity index is 555. The number of ether oxygens (including phenoxy) is 2. The molecule has 1 aromatic carbocycles. The van der Waals surface area contributed by atoms with Crippen LogP contribution in [0.15, 0.2) is 24.3 Å². The molecule has 0 aliphatic heterocycles. The smallest absolute Gasteiger partial charge is 0.410 e. The number of rotatable bonds is 13. The number of carbonyl (C=O) groups is 1. The van der Waals surface area contributed by atoms with E-state index < -0.39 is 5.60 Å². The van der Waals surface area contributed by atoms with Crippen molar-refractivity contribution in [2.45, 2.75) is 84.2 Å². The Morgan fingerprint density at radius 1 is 0.929 bits per heavy atom. The van der Waals surface area contributed by atoms with E-state index >= 15 is 0 Å². The topological polar surface area (TPSA) is 64.8 Å². The van der Waals surface area contributed by atoms with Crippen molar-refractivity contribution < 1.29 is 14.3 Å². The van der Waals surface area contributed by atoms with Gasteiger partial charge in [0.1, 0.15) is 11.4 Å². The minimum atomic E-state index is -0.424. The molecule has 0 unspecified atom stereocenters. The molecular formula is C23H40N2O3. The third-order valence-electron chi connectivity index (χ3n) is 4.52. The Morgan fingerprint density at radius 2 is 1.46 bits per heavy atom. The minimum absolute atomic E-state index is 0.230. The van der Waals surface area contributed by atoms with Gasteiger partial charge in [0, 0.05) is 13.6 Å². The summed E-state index contributed by atoms with van der Waals surface area (Å²) >= 11 is 0. The maximum Gasteiger partial charge on any atom is 0.410 e. The molecule has 0 saturated carbocycles. The van der Waals surface area contributed by atoms with Crippen molar-refractivity contribution in [1.82, 2.24) is 4.90 Å². The molecule has 2 N–H and O–H groups in total. The summed E-state index contributed by atoms with van der Waals surface area (Å²) in [5, 5.41) is 0. The van der Waals surface area contributed by atoms with Crippen molar-refractivity contribution in [2.75, 3.05) is 25.9 Å². The maximum absolute atomic E-state index is 11.9. The SMILES string of the molecule is CN(CCCCCCCCCCCOc1ccccc1N)C(=O)OC(C)(C)C. The lowest BCUT2D eigenvalue weighted by Crippen LogP contribution is -2.34. The van der Waals surface area contributed by atoms with E-state index in [-0.39, 0.29) is 6.09 Å². The van der Waals surface area contributed by atoms with E-state index in [2.05, 4.69) is 0 Å². The first-order chi connectivity index (χ1) is 13.3. The first kappa shape index (κ1) is 24.1. The lowest BCUT2D eigenvalue weighted by molar-refractivity contribution is 0.0296. The molecule has 1 aromatic rings. The first-order valence-corrected chi connectivity index (χ1v) is 10.7. The zero-order valence-corrected chi connectivity index (χ0v) is 18.3. The molecule has 0 aliphatic carbocycles. The van der Waals surface area contributed by atoms with Gasteiger partial charge >= 0.3 is 6.09 Å². The summed E-state index contributed by atoms with van der Waals surface area (Å²) in [5.41, 5.74) is 6.14. The van der Waals surface area contributed by atoms with E-state index in [0.29, 0.717) is 5.69 Å². The Labute approximate surface area is 171 Å². The fourth-order valence-electron chi connectivity index (χ4n) is 2.91. The van der Waals surface area contributed by atoms with Crippen LogP contribution in [0.4, 0.5) is 10.5 Å². The monoisotopic (exact) mass is 392 g/mol. The summed E-state index contributed by atoms with van der Waals surface area (Å²) in [6, 6.07) is 7.65. The molecule has 1 amide bonds. The van der Waals surface area contributed by atoms with Gasteiger partial charge in [0.25, 0.3) is 0 Å². The van der Waals surface area contributed by atoms with Gasteiger partial charge in [-0.25, -0.2) is 4.79 Å². The van der Waals surface area contributed by atoms with E-state index in [1.54, 1.807) is 4.90 Å². The molecule has 5 heteroatoms. The highest BCUT2D eigenvalue weighted by Gasteiger charge is 2.18. The van der Waals surface area contributed by atoms with Crippen molar-refractivity contribution in [3.8, 4) is 5.75 Å². The van der Waals surface area contributed by atoms with Crippen LogP contribution >= 0.6 is 0 Å². The molecule has 5 nitrogen and oxygen atoms in total. The number of benzene rings is 1. The number of unbranched alkanes of at least 4 members (excludes halogenated alkanes) is 8. The van der Waals surface area contributed by atoms with E-state index in [1.165, 1.54) is 44.9 Å². The fraction of sp³-hybridized carbons (Fsp3) is 0.696. The molecule has 0 radical (unpaired) electrons. The number of amides is 1. The van der Waals surface area contributed by atoms with Gasteiger partial charge in [0.15, 0.2) is 0 Å². The molecule has 0 aromatic heterocycles. The summed E-state index contributed by atoms with van der Waals surface area (Å²) in [5.74, 6) is 0.791. The van der Waals surface area contributed by atoms with E-state index in [4.69, 9.17) is 15.2 Å². The molecule has 0 spiro atoms. The zero-order chi connectivity index (χ0) is 20.8. The number of anilines is 1. The molecule has 0 aliphatic rings. The molecule has 28 heavy (non-hydrogen) atoms. The standard InChI is InChI=1S/C23H40N2O3/c1-23(2,3)28-22(26)25(4)18-14-10-8-6-5-7-9-11-15-19-27-21-17-13-12-16-20(21)24/h12-13,16-17H,5-11,14-15,18-19,24H2,1-4H3. The van der Waals surface area contributed by atoms with Crippen molar-refractivity contribution in [2.24, 2.45) is 0 Å². The van der Waals surface area contributed by atoms with Crippen LogP contribution in [0, 0.1) is 0 Å². The summed E-state index contributed by atoms with van der Waals surface area (Å²) in [6.45, 7) is 7.18. The largest absolute Gasteiger partial charge is 0.491 e. The molecular weight excluding hydrogens is 352 g/mol. The lowest BCUT2D eigenvalue weighted by Gasteiger charge is -2.24. The molecule has 1 rings (SSSR count). The van der Waals surface area contributed by atoms with Gasteiger partial charge in [-0.1, -0.05) is 57.1 Å². The average molecular weight is 393 g/mol. The molecule has 0 fully saturated rings. The van der Waals surface area contributed by atoms with Gasteiger partial charge in [-0.3, -0.25) is 0 Å². The number of para-hydroxylation sites is 2. The van der Waals surface area contributed by atoms with Crippen LogP contribution in [0.1, 0.15) is 78.6 Å². The van der Waals surface area contributed by atoms with Crippen LogP contribution < -0.4 is 10.5 Å². The first-order valence-electron chi connectivity index (χ1n) is 10.7. The van der Waals surface area contributed by atoms with Gasteiger partial charge < -0.3 is 20.1 Å². The zero-order valence-electron chi connectivity index (χ0n) is 18.3. The van der Waals surface area contributed by atoms with Crippen molar-refractivity contribution in [3.63, 3.8) is 0 Å². The number of hydrogen-bond donors (Lipinski definition) is 1. The summed E-state index contributed by atoms with van der Waals surface area (Å²) < 4.78 is 11.1. The molecule has 0 bridgehead atoms. The fourth-order valence-corrected chi connectivity index (χ4v) is 2.91. The number of nitrogen functional groups attached to an aromatic ring is 1. The summed E-state index contributed by atoms with van der Waals surface area (Å²) in [4.78, 5) is 13.5. The van der Waals surface area contributed by atoms with Gasteiger partial charge in [-0.05, 0) is 45.7 Å². The minimum Gasteiger partial charge on any atom is -0.491 e. The number of carbonyl (C=O) groups excluding carboxylic acids is 1. The normalized spacial score (nSPS) is 11.3. The average Bonchev–Trinajstić information content (AvgIpc) is 2.62. The van der Waals surface area contributed by atoms with Crippen LogP contribution in [0.2, 0.25) is 0 Å². The van der Waals surface area contributed by atoms with Crippen molar-refractivity contribution in [1.29, 1.82) is 0 Å². The summed E-state index contributed by atoms with van der Waals surface area (Å²) in [7, 11) is 1.81. The van der Waals surface area contributed by atoms with Gasteiger partial charge in [-0.2, -0.15) is 0 Å². The van der Waals surface area contributed by atoms with Gasteiger partial charge in [0.05, 0.1) is 12.3 Å². The predicted octanol–water partition coefficient (Wildman–Crippen LogP) is 6.03. The maximum atomic E-state index is 11.9. The van der Waals surface area contributed by atoms with E-state index in [1.807, 2.05) is 52.1 Å². The van der Waals surface area contributed by atoms with Crippen LogP contribution in [-0.4, -0.2) is 36.8 Å². The highest BCUT2D eigenvalue weighted by atomic mass is 16.6. The second kappa shape index (κ2) is 13.3. The third kappa shape index (κ3) is 11.7. The second-order valence-corrected chi connectivity index (χ2v) is 8.47. The van der Waals surface area contributed by atoms with Crippen molar-refractivity contribution >= 4 is 11.8 Å². The molecule has 0 heterocycles. The number of nitrogens with two attached hydrogens (primary N) is 1. The number of hydrogen-bond acceptors (Lipinski definition) is 4. The Hall–Kier alpha value is -1.91. The van der Waals surface area contributed by atoms with Crippen LogP contribution in [0.3, 0.4) is 0 Å². The van der Waals surface area contributed by atoms with Crippen LogP contribution in [-0.2, 0) is 4.74 Å². The predicted molar refractivity (Wildman–Crippen MR) is 117 cm³/mol. The molecule has 0 atom stereocenters. The van der Waals surface area contributed by atoms with Crippen LogP contribution in [0.5, 0.6) is 5.75 Å². The highest BCUT2D eigenvalue weighted by Crippen LogP contribution is 2.20. The molecule has 160 valence electrons. The highest BCUT2D eigenvalue weighted by molar-refractivity contribution is 5.67. The van der Waals surface area contributed by atoms with E-state index in [9.17, 15) is 4.79 Å². The van der Waals surface area contributed by atoms with Gasteiger partial charge in [0.2, 0.25) is 0 Å². The number of nitrogens with zero attached hydrogens (tertiary/aromatic N) is 1. The van der Waals surface area contributed by atoms with Crippen LogP contribution in [0.25, 0.3) is 0 Å². The molecule has 0 saturated heterocycles. The summed E-state index contributed by atoms with van der Waals surface area (Å²) in [6.07, 6.45) is 10.6. The Balaban J connectivity index is 1.89. The Morgan fingerprint density at radius 3 is 2.04 bits per heavy atom.